The minimum absolute atomic E-state index is 0.00593. The lowest BCUT2D eigenvalue weighted by molar-refractivity contribution is -0.384. The van der Waals surface area contributed by atoms with E-state index in [1.807, 2.05) is 44.2 Å². The fraction of sp³-hybridized carbons (Fsp3) is 0.130. The molecule has 8 heteroatoms. The minimum atomic E-state index is -0.440. The van der Waals surface area contributed by atoms with Crippen LogP contribution in [0, 0.1) is 24.0 Å². The number of aryl methyl sites for hydroxylation is 1. The van der Waals surface area contributed by atoms with Gasteiger partial charge in [-0.15, -0.1) is 0 Å². The van der Waals surface area contributed by atoms with Gasteiger partial charge >= 0.3 is 0 Å². The highest BCUT2D eigenvalue weighted by molar-refractivity contribution is 5.80. The van der Waals surface area contributed by atoms with Gasteiger partial charge in [-0.1, -0.05) is 24.3 Å². The summed E-state index contributed by atoms with van der Waals surface area (Å²) in [7, 11) is 1.80. The number of nitro benzene ring substituents is 1. The molecule has 0 atom stereocenters. The van der Waals surface area contributed by atoms with E-state index in [2.05, 4.69) is 4.99 Å². The molecule has 0 radical (unpaired) electrons. The van der Waals surface area contributed by atoms with Crippen molar-refractivity contribution in [1.82, 2.24) is 9.36 Å². The maximum atomic E-state index is 12.9. The zero-order valence-electron chi connectivity index (χ0n) is 17.3. The van der Waals surface area contributed by atoms with Gasteiger partial charge in [0.05, 0.1) is 22.5 Å². The van der Waals surface area contributed by atoms with Gasteiger partial charge in [-0.25, -0.2) is 9.67 Å². The van der Waals surface area contributed by atoms with Crippen molar-refractivity contribution in [1.29, 1.82) is 0 Å². The van der Waals surface area contributed by atoms with Gasteiger partial charge in [0.1, 0.15) is 11.5 Å². The number of hydrogen-bond donors (Lipinski definition) is 0. The fourth-order valence-electron chi connectivity index (χ4n) is 3.39. The molecule has 8 nitrogen and oxygen atoms in total. The molecule has 0 N–H and O–H groups in total. The van der Waals surface area contributed by atoms with Gasteiger partial charge in [-0.3, -0.25) is 19.6 Å². The molecule has 4 rings (SSSR count). The molecule has 0 amide bonds. The molecule has 0 unspecified atom stereocenters. The van der Waals surface area contributed by atoms with E-state index in [4.69, 9.17) is 4.42 Å². The summed E-state index contributed by atoms with van der Waals surface area (Å²) in [5.41, 5.74) is 3.03. The minimum Gasteiger partial charge on any atom is -0.455 e. The zero-order chi connectivity index (χ0) is 22.1. The topological polar surface area (TPSA) is 95.6 Å². The maximum absolute atomic E-state index is 12.9. The second kappa shape index (κ2) is 7.91. The highest BCUT2D eigenvalue weighted by Crippen LogP contribution is 2.29. The number of benzene rings is 2. The van der Waals surface area contributed by atoms with Crippen molar-refractivity contribution in [2.75, 3.05) is 0 Å². The second-order valence-electron chi connectivity index (χ2n) is 7.13. The summed E-state index contributed by atoms with van der Waals surface area (Å²) < 4.78 is 9.13. The summed E-state index contributed by atoms with van der Waals surface area (Å²) in [6, 6.07) is 17.4. The number of furan rings is 1. The lowest BCUT2D eigenvalue weighted by atomic mass is 10.1. The van der Waals surface area contributed by atoms with Crippen LogP contribution >= 0.6 is 0 Å². The van der Waals surface area contributed by atoms with Crippen molar-refractivity contribution >= 4 is 17.6 Å². The van der Waals surface area contributed by atoms with Crippen molar-refractivity contribution < 1.29 is 9.34 Å². The molecular formula is C23H20N4O4. The van der Waals surface area contributed by atoms with Gasteiger partial charge in [0.2, 0.25) is 0 Å². The predicted octanol–water partition coefficient (Wildman–Crippen LogP) is 4.71. The molecule has 156 valence electrons. The summed E-state index contributed by atoms with van der Waals surface area (Å²) in [4.78, 5) is 28.0. The number of aromatic nitrogens is 2. The molecule has 0 saturated carbocycles. The third kappa shape index (κ3) is 3.71. The molecule has 4 aromatic rings. The molecule has 2 aromatic carbocycles. The van der Waals surface area contributed by atoms with Crippen molar-refractivity contribution in [2.45, 2.75) is 13.8 Å². The highest BCUT2D eigenvalue weighted by atomic mass is 16.6. The summed E-state index contributed by atoms with van der Waals surface area (Å²) in [5, 5.41) is 11.1. The Hall–Kier alpha value is -4.20. The Labute approximate surface area is 177 Å². The van der Waals surface area contributed by atoms with Crippen LogP contribution in [0.4, 0.5) is 11.4 Å². The molecule has 2 aromatic heterocycles. The van der Waals surface area contributed by atoms with E-state index in [0.29, 0.717) is 28.5 Å². The van der Waals surface area contributed by atoms with Crippen molar-refractivity contribution in [2.24, 2.45) is 12.0 Å². The van der Waals surface area contributed by atoms with Crippen molar-refractivity contribution in [3.63, 3.8) is 0 Å². The van der Waals surface area contributed by atoms with Crippen LogP contribution in [-0.2, 0) is 7.05 Å². The lowest BCUT2D eigenvalue weighted by Gasteiger charge is -2.07. The molecule has 0 aliphatic rings. The van der Waals surface area contributed by atoms with Gasteiger partial charge in [-0.2, -0.15) is 0 Å². The molecule has 0 aliphatic heterocycles. The smallest absolute Gasteiger partial charge is 0.297 e. The average Bonchev–Trinajstić information content (AvgIpc) is 3.30. The molecular weight excluding hydrogens is 396 g/mol. The van der Waals surface area contributed by atoms with Crippen LogP contribution in [-0.4, -0.2) is 20.5 Å². The third-order valence-corrected chi connectivity index (χ3v) is 5.17. The Morgan fingerprint density at radius 3 is 2.52 bits per heavy atom. The molecule has 0 spiro atoms. The molecule has 0 aliphatic carbocycles. The van der Waals surface area contributed by atoms with Gasteiger partial charge in [-0.05, 0) is 43.7 Å². The monoisotopic (exact) mass is 416 g/mol. The standard InChI is InChI=1S/C23H20N4O4/c1-15-9-10-18(27(29)30)13-20(15)21-12-11-19(31-21)14-24-22-16(2)25(3)26(23(22)28)17-7-5-4-6-8-17/h4-14H,1-3H3. The van der Waals surface area contributed by atoms with Crippen LogP contribution in [0.2, 0.25) is 0 Å². The third-order valence-electron chi connectivity index (χ3n) is 5.17. The molecule has 2 heterocycles. The summed E-state index contributed by atoms with van der Waals surface area (Å²) >= 11 is 0. The fourth-order valence-corrected chi connectivity index (χ4v) is 3.39. The number of nitro groups is 1. The quantitative estimate of drug-likeness (QED) is 0.267. The van der Waals surface area contributed by atoms with Crippen LogP contribution in [0.3, 0.4) is 0 Å². The van der Waals surface area contributed by atoms with Crippen LogP contribution in [0.1, 0.15) is 17.0 Å². The first kappa shape index (κ1) is 20.1. The summed E-state index contributed by atoms with van der Waals surface area (Å²) in [6.07, 6.45) is 1.48. The normalized spacial score (nSPS) is 11.3. The van der Waals surface area contributed by atoms with E-state index in [-0.39, 0.29) is 11.2 Å². The average molecular weight is 416 g/mol. The van der Waals surface area contributed by atoms with Gasteiger partial charge in [0.15, 0.2) is 5.69 Å². The molecule has 0 fully saturated rings. The van der Waals surface area contributed by atoms with Gasteiger partial charge in [0.25, 0.3) is 11.2 Å². The highest BCUT2D eigenvalue weighted by Gasteiger charge is 2.16. The largest absolute Gasteiger partial charge is 0.455 e. The first-order valence-electron chi connectivity index (χ1n) is 9.60. The number of hydrogen-bond acceptors (Lipinski definition) is 5. The number of nitrogens with zero attached hydrogens (tertiary/aromatic N) is 4. The Kier molecular flexibility index (Phi) is 5.12. The van der Waals surface area contributed by atoms with E-state index in [1.54, 1.807) is 34.6 Å². The Balaban J connectivity index is 1.68. The van der Waals surface area contributed by atoms with Crippen molar-refractivity contribution in [3.05, 3.63) is 98.1 Å². The summed E-state index contributed by atoms with van der Waals surface area (Å²) in [5.74, 6) is 0.934. The SMILES string of the molecule is Cc1ccc([N+](=O)[O-])cc1-c1ccc(C=Nc2c(C)n(C)n(-c3ccccc3)c2=O)o1. The van der Waals surface area contributed by atoms with Crippen LogP contribution in [0.15, 0.2) is 74.9 Å². The summed E-state index contributed by atoms with van der Waals surface area (Å²) in [6.45, 7) is 3.68. The van der Waals surface area contributed by atoms with Gasteiger partial charge < -0.3 is 4.42 Å². The number of non-ortho nitro benzene ring substituents is 1. The van der Waals surface area contributed by atoms with Crippen LogP contribution < -0.4 is 5.56 Å². The number of para-hydroxylation sites is 1. The van der Waals surface area contributed by atoms with Crippen LogP contribution in [0.5, 0.6) is 0 Å². The second-order valence-corrected chi connectivity index (χ2v) is 7.13. The lowest BCUT2D eigenvalue weighted by Crippen LogP contribution is -2.19. The first-order chi connectivity index (χ1) is 14.9. The zero-order valence-corrected chi connectivity index (χ0v) is 17.3. The van der Waals surface area contributed by atoms with E-state index in [9.17, 15) is 14.9 Å². The van der Waals surface area contributed by atoms with E-state index in [0.717, 1.165) is 11.3 Å². The van der Waals surface area contributed by atoms with E-state index >= 15 is 0 Å². The Morgan fingerprint density at radius 2 is 1.81 bits per heavy atom. The first-order valence-corrected chi connectivity index (χ1v) is 9.60. The van der Waals surface area contributed by atoms with Gasteiger partial charge in [0, 0.05) is 24.7 Å². The van der Waals surface area contributed by atoms with E-state index in [1.165, 1.54) is 18.3 Å². The molecule has 31 heavy (non-hydrogen) atoms. The van der Waals surface area contributed by atoms with Crippen molar-refractivity contribution in [3.8, 4) is 17.0 Å². The van der Waals surface area contributed by atoms with Crippen LogP contribution in [0.25, 0.3) is 17.0 Å². The van der Waals surface area contributed by atoms with E-state index < -0.39 is 4.92 Å². The maximum Gasteiger partial charge on any atom is 0.297 e. The molecule has 0 saturated heterocycles. The Morgan fingerprint density at radius 1 is 1.06 bits per heavy atom. The Bertz CT molecular complexity index is 1360. The number of aliphatic imine (C=N–C) groups is 1. The predicted molar refractivity (Wildman–Crippen MR) is 119 cm³/mol. The number of rotatable bonds is 5. The molecule has 0 bridgehead atoms.